The third kappa shape index (κ3) is 5.23. The lowest BCUT2D eigenvalue weighted by molar-refractivity contribution is -0.123. The summed E-state index contributed by atoms with van der Waals surface area (Å²) in [4.78, 5) is 26.9. The van der Waals surface area contributed by atoms with E-state index in [4.69, 9.17) is 9.47 Å². The first-order valence-electron chi connectivity index (χ1n) is 9.88. The van der Waals surface area contributed by atoms with Gasteiger partial charge < -0.3 is 9.47 Å². The lowest BCUT2D eigenvalue weighted by Crippen LogP contribution is -2.27. The van der Waals surface area contributed by atoms with Crippen LogP contribution in [-0.2, 0) is 17.9 Å². The van der Waals surface area contributed by atoms with Gasteiger partial charge in [0.15, 0.2) is 11.5 Å². The number of carbonyl (C=O) groups is 2. The summed E-state index contributed by atoms with van der Waals surface area (Å²) in [6.45, 7) is 0.663. The number of amides is 2. The van der Waals surface area contributed by atoms with E-state index in [2.05, 4.69) is 15.9 Å². The normalized spacial score (nSPS) is 14.8. The number of benzene rings is 3. The Kier molecular flexibility index (Phi) is 6.97. The molecule has 1 aliphatic heterocycles. The molecule has 1 heterocycles. The third-order valence-corrected chi connectivity index (χ3v) is 6.29. The van der Waals surface area contributed by atoms with E-state index in [9.17, 15) is 9.59 Å². The topological polar surface area (TPSA) is 55.8 Å². The van der Waals surface area contributed by atoms with Gasteiger partial charge in [0.25, 0.3) is 11.1 Å². The van der Waals surface area contributed by atoms with Crippen LogP contribution >= 0.6 is 27.7 Å². The average molecular weight is 510 g/mol. The van der Waals surface area contributed by atoms with Crippen LogP contribution in [0.25, 0.3) is 6.08 Å². The Hall–Kier alpha value is -3.03. The summed E-state index contributed by atoms with van der Waals surface area (Å²) in [6, 6.07) is 22.8. The van der Waals surface area contributed by atoms with Gasteiger partial charge in [0.05, 0.1) is 18.6 Å². The molecule has 0 radical (unpaired) electrons. The maximum atomic E-state index is 12.8. The number of nitrogens with zero attached hydrogens (tertiary/aromatic N) is 1. The highest BCUT2D eigenvalue weighted by Crippen LogP contribution is 2.35. The van der Waals surface area contributed by atoms with Crippen LogP contribution in [0.5, 0.6) is 11.5 Å². The van der Waals surface area contributed by atoms with Crippen LogP contribution in [0.3, 0.4) is 0 Å². The lowest BCUT2D eigenvalue weighted by atomic mass is 10.1. The fraction of sp³-hybridized carbons (Fsp3) is 0.120. The number of methoxy groups -OCH3 is 1. The zero-order valence-corrected chi connectivity index (χ0v) is 19.7. The standard InChI is InChI=1S/C25H20BrNO4S/c1-30-22-13-19(9-12-21(22)31-16-18-5-3-2-4-6-18)14-23-24(28)27(25(29)32-23)15-17-7-10-20(26)11-8-17/h2-14H,15-16H2,1H3/b23-14-. The summed E-state index contributed by atoms with van der Waals surface area (Å²) >= 11 is 4.33. The molecule has 1 saturated heterocycles. The molecule has 0 spiro atoms. The number of halogens is 1. The van der Waals surface area contributed by atoms with Crippen molar-refractivity contribution in [2.75, 3.05) is 7.11 Å². The highest BCUT2D eigenvalue weighted by molar-refractivity contribution is 9.10. The predicted octanol–water partition coefficient (Wildman–Crippen LogP) is 6.27. The summed E-state index contributed by atoms with van der Waals surface area (Å²) in [5.41, 5.74) is 2.69. The fourth-order valence-corrected chi connectivity index (χ4v) is 4.29. The van der Waals surface area contributed by atoms with Crippen LogP contribution in [0.15, 0.2) is 82.2 Å². The SMILES string of the molecule is COc1cc(/C=C2\SC(=O)N(Cc3ccc(Br)cc3)C2=O)ccc1OCc1ccccc1. The van der Waals surface area contributed by atoms with Gasteiger partial charge in [-0.3, -0.25) is 14.5 Å². The van der Waals surface area contributed by atoms with Crippen LogP contribution < -0.4 is 9.47 Å². The zero-order chi connectivity index (χ0) is 22.5. The van der Waals surface area contributed by atoms with Crippen LogP contribution in [0.4, 0.5) is 4.79 Å². The predicted molar refractivity (Wildman–Crippen MR) is 129 cm³/mol. The van der Waals surface area contributed by atoms with E-state index in [1.165, 1.54) is 4.90 Å². The molecule has 4 rings (SSSR count). The molecule has 0 bridgehead atoms. The Morgan fingerprint density at radius 3 is 2.41 bits per heavy atom. The first kappa shape index (κ1) is 22.2. The Morgan fingerprint density at radius 1 is 0.938 bits per heavy atom. The van der Waals surface area contributed by atoms with Crippen molar-refractivity contribution >= 4 is 44.9 Å². The molecule has 0 aliphatic carbocycles. The van der Waals surface area contributed by atoms with E-state index in [1.54, 1.807) is 25.3 Å². The molecule has 0 atom stereocenters. The molecule has 5 nitrogen and oxygen atoms in total. The first-order valence-corrected chi connectivity index (χ1v) is 11.5. The molecule has 3 aromatic carbocycles. The minimum Gasteiger partial charge on any atom is -0.493 e. The number of thioether (sulfide) groups is 1. The second kappa shape index (κ2) is 10.1. The van der Waals surface area contributed by atoms with E-state index in [-0.39, 0.29) is 17.7 Å². The highest BCUT2D eigenvalue weighted by atomic mass is 79.9. The minimum atomic E-state index is -0.300. The number of hydrogen-bond donors (Lipinski definition) is 0. The molecule has 0 N–H and O–H groups in total. The van der Waals surface area contributed by atoms with Gasteiger partial charge in [-0.2, -0.15) is 0 Å². The summed E-state index contributed by atoms with van der Waals surface area (Å²) in [5, 5.41) is -0.279. The van der Waals surface area contributed by atoms with Crippen molar-refractivity contribution in [1.29, 1.82) is 0 Å². The van der Waals surface area contributed by atoms with Crippen molar-refractivity contribution in [3.63, 3.8) is 0 Å². The number of carbonyl (C=O) groups excluding carboxylic acids is 2. The molecule has 162 valence electrons. The molecule has 7 heteroatoms. The molecule has 2 amide bonds. The molecule has 0 aromatic heterocycles. The number of imide groups is 1. The van der Waals surface area contributed by atoms with E-state index in [0.29, 0.717) is 23.0 Å². The Bertz CT molecular complexity index is 1160. The van der Waals surface area contributed by atoms with Crippen molar-refractivity contribution < 1.29 is 19.1 Å². The smallest absolute Gasteiger partial charge is 0.293 e. The largest absolute Gasteiger partial charge is 0.493 e. The second-order valence-corrected chi connectivity index (χ2v) is 8.99. The van der Waals surface area contributed by atoms with Crippen LogP contribution in [0, 0.1) is 0 Å². The molecular weight excluding hydrogens is 490 g/mol. The Balaban J connectivity index is 1.48. The summed E-state index contributed by atoms with van der Waals surface area (Å²) in [7, 11) is 1.57. The van der Waals surface area contributed by atoms with Gasteiger partial charge in [0, 0.05) is 4.47 Å². The fourth-order valence-electron chi connectivity index (χ4n) is 3.19. The van der Waals surface area contributed by atoms with Gasteiger partial charge in [-0.05, 0) is 58.8 Å². The van der Waals surface area contributed by atoms with E-state index in [1.807, 2.05) is 60.7 Å². The molecule has 32 heavy (non-hydrogen) atoms. The molecular formula is C25H20BrNO4S. The second-order valence-electron chi connectivity index (χ2n) is 7.08. The van der Waals surface area contributed by atoms with Crippen molar-refractivity contribution in [3.05, 3.63) is 98.9 Å². The molecule has 1 aliphatic rings. The molecule has 1 fully saturated rings. The minimum absolute atomic E-state index is 0.241. The van der Waals surface area contributed by atoms with Crippen LogP contribution in [0.2, 0.25) is 0 Å². The van der Waals surface area contributed by atoms with E-state index in [0.717, 1.165) is 32.9 Å². The quantitative estimate of drug-likeness (QED) is 0.351. The van der Waals surface area contributed by atoms with Crippen molar-refractivity contribution in [2.45, 2.75) is 13.2 Å². The number of hydrogen-bond acceptors (Lipinski definition) is 5. The van der Waals surface area contributed by atoms with Gasteiger partial charge in [-0.25, -0.2) is 0 Å². The van der Waals surface area contributed by atoms with Crippen molar-refractivity contribution in [2.24, 2.45) is 0 Å². The monoisotopic (exact) mass is 509 g/mol. The Morgan fingerprint density at radius 2 is 1.69 bits per heavy atom. The number of ether oxygens (including phenoxy) is 2. The van der Waals surface area contributed by atoms with Gasteiger partial charge in [-0.15, -0.1) is 0 Å². The van der Waals surface area contributed by atoms with E-state index < -0.39 is 0 Å². The van der Waals surface area contributed by atoms with Crippen LogP contribution in [-0.4, -0.2) is 23.2 Å². The third-order valence-electron chi connectivity index (χ3n) is 4.85. The number of rotatable bonds is 7. The van der Waals surface area contributed by atoms with Gasteiger partial charge >= 0.3 is 0 Å². The highest BCUT2D eigenvalue weighted by Gasteiger charge is 2.35. The lowest BCUT2D eigenvalue weighted by Gasteiger charge is -2.12. The van der Waals surface area contributed by atoms with E-state index >= 15 is 0 Å². The Labute approximate surface area is 199 Å². The molecule has 3 aromatic rings. The van der Waals surface area contributed by atoms with Gasteiger partial charge in [-0.1, -0.05) is 64.5 Å². The van der Waals surface area contributed by atoms with Crippen LogP contribution in [0.1, 0.15) is 16.7 Å². The van der Waals surface area contributed by atoms with Gasteiger partial charge in [0.2, 0.25) is 0 Å². The molecule has 0 unspecified atom stereocenters. The first-order chi connectivity index (χ1) is 15.5. The summed E-state index contributed by atoms with van der Waals surface area (Å²) in [6.07, 6.45) is 1.70. The molecule has 0 saturated carbocycles. The maximum absolute atomic E-state index is 12.8. The maximum Gasteiger partial charge on any atom is 0.293 e. The zero-order valence-electron chi connectivity index (χ0n) is 17.3. The average Bonchev–Trinajstić information content (AvgIpc) is 3.07. The van der Waals surface area contributed by atoms with Crippen molar-refractivity contribution in [1.82, 2.24) is 4.90 Å². The summed E-state index contributed by atoms with van der Waals surface area (Å²) < 4.78 is 12.3. The van der Waals surface area contributed by atoms with Gasteiger partial charge in [0.1, 0.15) is 6.61 Å². The van der Waals surface area contributed by atoms with Crippen molar-refractivity contribution in [3.8, 4) is 11.5 Å². The summed E-state index contributed by atoms with van der Waals surface area (Å²) in [5.74, 6) is 0.868.